The van der Waals surface area contributed by atoms with Gasteiger partial charge in [0.25, 0.3) is 5.56 Å². The average molecular weight is 423 g/mol. The second-order valence-electron chi connectivity index (χ2n) is 7.55. The number of nitrogens with one attached hydrogen (secondary N) is 3. The van der Waals surface area contributed by atoms with Gasteiger partial charge in [-0.05, 0) is 61.5 Å². The average Bonchev–Trinajstić information content (AvgIpc) is 3.03. The Morgan fingerprint density at radius 2 is 1.77 bits per heavy atom. The number of hydrogen-bond acceptors (Lipinski definition) is 6. The molecular formula is C22H22N4O3S. The predicted molar refractivity (Wildman–Crippen MR) is 120 cm³/mol. The number of anilines is 3. The first-order valence-corrected chi connectivity index (χ1v) is 10.9. The number of H-pyrrole nitrogens is 1. The van der Waals surface area contributed by atoms with E-state index in [1.165, 1.54) is 11.5 Å². The van der Waals surface area contributed by atoms with Crippen molar-refractivity contribution in [3.8, 4) is 11.5 Å². The van der Waals surface area contributed by atoms with Gasteiger partial charge in [-0.15, -0.1) is 0 Å². The van der Waals surface area contributed by atoms with Gasteiger partial charge in [-0.1, -0.05) is 18.2 Å². The molecule has 1 saturated carbocycles. The Hall–Kier alpha value is -3.10. The van der Waals surface area contributed by atoms with Crippen LogP contribution in [-0.2, 0) is 0 Å². The molecule has 0 bridgehead atoms. The molecule has 1 aliphatic carbocycles. The van der Waals surface area contributed by atoms with Crippen LogP contribution in [-0.4, -0.2) is 27.5 Å². The fraction of sp³-hybridized carbons (Fsp3) is 0.273. The number of benzene rings is 2. The highest BCUT2D eigenvalue weighted by molar-refractivity contribution is 7.10. The summed E-state index contributed by atoms with van der Waals surface area (Å²) in [7, 11) is 0. The van der Waals surface area contributed by atoms with E-state index in [1.807, 2.05) is 48.5 Å². The zero-order valence-corrected chi connectivity index (χ0v) is 17.0. The largest absolute Gasteiger partial charge is 0.457 e. The molecule has 4 N–H and O–H groups in total. The zero-order valence-electron chi connectivity index (χ0n) is 16.2. The molecule has 3 aromatic rings. The molecule has 0 saturated heterocycles. The number of amidine groups is 1. The normalized spacial score (nSPS) is 21.7. The lowest BCUT2D eigenvalue weighted by Gasteiger charge is -2.23. The molecule has 2 aromatic carbocycles. The highest BCUT2D eigenvalue weighted by Crippen LogP contribution is 2.36. The minimum atomic E-state index is -0.247. The van der Waals surface area contributed by atoms with E-state index in [0.29, 0.717) is 17.1 Å². The quantitative estimate of drug-likeness (QED) is 0.500. The SMILES string of the molecule is O=c1[nH]sc2c1C(=NC1CCC(O)CC1)Nc1cc(Oc3ccccc3)ccc1N2. The maximum atomic E-state index is 12.5. The second kappa shape index (κ2) is 7.97. The van der Waals surface area contributed by atoms with E-state index in [0.717, 1.165) is 47.8 Å². The Bertz CT molecular complexity index is 1130. The van der Waals surface area contributed by atoms with E-state index in [4.69, 9.17) is 9.73 Å². The summed E-state index contributed by atoms with van der Waals surface area (Å²) in [6, 6.07) is 15.4. The van der Waals surface area contributed by atoms with E-state index >= 15 is 0 Å². The third-order valence-corrected chi connectivity index (χ3v) is 6.18. The van der Waals surface area contributed by atoms with Crippen molar-refractivity contribution in [1.82, 2.24) is 4.37 Å². The van der Waals surface area contributed by atoms with Crippen molar-refractivity contribution < 1.29 is 9.84 Å². The van der Waals surface area contributed by atoms with Crippen LogP contribution in [0.4, 0.5) is 16.4 Å². The number of fused-ring (bicyclic) bond motifs is 2. The summed E-state index contributed by atoms with van der Waals surface area (Å²) in [6.07, 6.45) is 2.84. The first-order chi connectivity index (χ1) is 14.7. The molecule has 154 valence electrons. The first kappa shape index (κ1) is 18.9. The van der Waals surface area contributed by atoms with Crippen molar-refractivity contribution >= 4 is 33.7 Å². The van der Waals surface area contributed by atoms with Crippen molar-refractivity contribution in [2.75, 3.05) is 10.6 Å². The van der Waals surface area contributed by atoms with Gasteiger partial charge < -0.3 is 20.5 Å². The van der Waals surface area contributed by atoms with Gasteiger partial charge in [-0.25, -0.2) is 0 Å². The predicted octanol–water partition coefficient (Wildman–Crippen LogP) is 4.45. The number of hydrogen-bond donors (Lipinski definition) is 4. The van der Waals surface area contributed by atoms with Crippen LogP contribution >= 0.6 is 11.5 Å². The summed E-state index contributed by atoms with van der Waals surface area (Å²) < 4.78 is 8.76. The number of aliphatic hydroxyl groups excluding tert-OH is 1. The summed E-state index contributed by atoms with van der Waals surface area (Å²) in [5.41, 5.74) is 1.99. The third kappa shape index (κ3) is 3.83. The molecule has 30 heavy (non-hydrogen) atoms. The van der Waals surface area contributed by atoms with Crippen LogP contribution in [0.1, 0.15) is 31.2 Å². The molecule has 5 rings (SSSR count). The Kier molecular flexibility index (Phi) is 5.02. The Labute approximate surface area is 177 Å². The number of ether oxygens (including phenoxy) is 1. The van der Waals surface area contributed by atoms with Crippen LogP contribution in [0.25, 0.3) is 0 Å². The summed E-state index contributed by atoms with van der Waals surface area (Å²) in [5, 5.41) is 17.2. The van der Waals surface area contributed by atoms with Gasteiger partial charge in [0, 0.05) is 6.07 Å². The van der Waals surface area contributed by atoms with Crippen LogP contribution in [0.15, 0.2) is 58.3 Å². The second-order valence-corrected chi connectivity index (χ2v) is 8.37. The van der Waals surface area contributed by atoms with Crippen molar-refractivity contribution in [3.63, 3.8) is 0 Å². The van der Waals surface area contributed by atoms with Crippen molar-refractivity contribution in [2.24, 2.45) is 4.99 Å². The van der Waals surface area contributed by atoms with E-state index < -0.39 is 0 Å². The smallest absolute Gasteiger partial charge is 0.271 e. The standard InChI is InChI=1S/C22H22N4O3S/c27-14-8-6-13(7-9-14)23-20-19-21(28)26-30-22(19)25-17-11-10-16(12-18(17)24-20)29-15-4-2-1-3-5-15/h1-5,10-14,25,27H,6-9H2,(H,23,24)(H,26,28). The molecule has 7 nitrogen and oxygen atoms in total. The fourth-order valence-corrected chi connectivity index (χ4v) is 4.56. The van der Waals surface area contributed by atoms with Crippen LogP contribution in [0.3, 0.4) is 0 Å². The van der Waals surface area contributed by atoms with Crippen LogP contribution < -0.4 is 20.9 Å². The summed E-state index contributed by atoms with van der Waals surface area (Å²) in [5.74, 6) is 2.00. The number of aromatic nitrogens is 1. The highest BCUT2D eigenvalue weighted by atomic mass is 32.1. The molecule has 0 atom stereocenters. The van der Waals surface area contributed by atoms with Crippen LogP contribution in [0, 0.1) is 0 Å². The molecule has 1 fully saturated rings. The molecule has 8 heteroatoms. The number of rotatable bonds is 3. The monoisotopic (exact) mass is 422 g/mol. The maximum absolute atomic E-state index is 12.5. The van der Waals surface area contributed by atoms with Gasteiger partial charge in [-0.2, -0.15) is 0 Å². The molecule has 2 heterocycles. The Morgan fingerprint density at radius 1 is 0.967 bits per heavy atom. The van der Waals surface area contributed by atoms with Crippen molar-refractivity contribution in [3.05, 3.63) is 64.4 Å². The topological polar surface area (TPSA) is 98.7 Å². The van der Waals surface area contributed by atoms with Crippen molar-refractivity contribution in [1.29, 1.82) is 0 Å². The zero-order chi connectivity index (χ0) is 20.5. The van der Waals surface area contributed by atoms with Crippen molar-refractivity contribution in [2.45, 2.75) is 37.8 Å². The minimum absolute atomic E-state index is 0.0772. The Morgan fingerprint density at radius 3 is 2.57 bits per heavy atom. The van der Waals surface area contributed by atoms with Gasteiger partial charge in [0.05, 0.1) is 23.5 Å². The Balaban J connectivity index is 1.49. The van der Waals surface area contributed by atoms with E-state index in [9.17, 15) is 9.90 Å². The summed E-state index contributed by atoms with van der Waals surface area (Å²) >= 11 is 1.26. The molecular weight excluding hydrogens is 400 g/mol. The highest BCUT2D eigenvalue weighted by Gasteiger charge is 2.26. The number of aliphatic hydroxyl groups is 1. The lowest BCUT2D eigenvalue weighted by atomic mass is 9.93. The molecule has 0 amide bonds. The fourth-order valence-electron chi connectivity index (χ4n) is 3.81. The van der Waals surface area contributed by atoms with Crippen LogP contribution in [0.2, 0.25) is 0 Å². The van der Waals surface area contributed by atoms with Gasteiger partial charge in [0.15, 0.2) is 0 Å². The number of aromatic amines is 1. The summed E-state index contributed by atoms with van der Waals surface area (Å²) in [4.78, 5) is 17.4. The third-order valence-electron chi connectivity index (χ3n) is 5.39. The minimum Gasteiger partial charge on any atom is -0.457 e. The molecule has 2 aliphatic rings. The molecule has 0 radical (unpaired) electrons. The maximum Gasteiger partial charge on any atom is 0.271 e. The number of nitrogens with zero attached hydrogens (tertiary/aromatic N) is 1. The van der Waals surface area contributed by atoms with Crippen LogP contribution in [0.5, 0.6) is 11.5 Å². The van der Waals surface area contributed by atoms with Gasteiger partial charge >= 0.3 is 0 Å². The number of para-hydroxylation sites is 1. The van der Waals surface area contributed by atoms with E-state index in [-0.39, 0.29) is 17.7 Å². The molecule has 1 aromatic heterocycles. The molecule has 0 spiro atoms. The summed E-state index contributed by atoms with van der Waals surface area (Å²) in [6.45, 7) is 0. The van der Waals surface area contributed by atoms with E-state index in [1.54, 1.807) is 0 Å². The lowest BCUT2D eigenvalue weighted by molar-refractivity contribution is 0.123. The number of aliphatic imine (C=N–C) groups is 1. The first-order valence-electron chi connectivity index (χ1n) is 10.0. The molecule has 0 unspecified atom stereocenters. The van der Waals surface area contributed by atoms with Gasteiger partial charge in [0.2, 0.25) is 0 Å². The molecule has 1 aliphatic heterocycles. The van der Waals surface area contributed by atoms with E-state index in [2.05, 4.69) is 15.0 Å². The van der Waals surface area contributed by atoms with Gasteiger partial charge in [-0.3, -0.25) is 14.2 Å². The lowest BCUT2D eigenvalue weighted by Crippen LogP contribution is -2.26. The van der Waals surface area contributed by atoms with Gasteiger partial charge in [0.1, 0.15) is 27.9 Å².